The minimum Gasteiger partial charge on any atom is -0.302 e. The molecule has 1 N–H and O–H groups in total. The van der Waals surface area contributed by atoms with E-state index in [9.17, 15) is 0 Å². The second kappa shape index (κ2) is 6.12. The molecule has 0 amide bonds. The average Bonchev–Trinajstić information content (AvgIpc) is 2.97. The summed E-state index contributed by atoms with van der Waals surface area (Å²) in [6.07, 6.45) is 8.51. The molecule has 1 saturated carbocycles. The summed E-state index contributed by atoms with van der Waals surface area (Å²) in [5, 5.41) is 4.51. The highest BCUT2D eigenvalue weighted by Crippen LogP contribution is 2.39. The lowest BCUT2D eigenvalue weighted by Gasteiger charge is -2.31. The molecule has 1 heterocycles. The quantitative estimate of drug-likeness (QED) is 0.927. The van der Waals surface area contributed by atoms with Crippen LogP contribution < -0.4 is 5.32 Å². The lowest BCUT2D eigenvalue weighted by molar-refractivity contribution is 0.336. The Hall–Kier alpha value is -1.45. The summed E-state index contributed by atoms with van der Waals surface area (Å²) in [4.78, 5) is 8.74. The van der Waals surface area contributed by atoms with Gasteiger partial charge in [-0.05, 0) is 37.5 Å². The zero-order valence-electron chi connectivity index (χ0n) is 12.3. The highest BCUT2D eigenvalue weighted by Gasteiger charge is 2.34. The van der Waals surface area contributed by atoms with Gasteiger partial charge in [-0.25, -0.2) is 0 Å². The van der Waals surface area contributed by atoms with Crippen LogP contribution in [0, 0.1) is 6.92 Å². The van der Waals surface area contributed by atoms with Crippen LogP contribution in [0.4, 0.5) is 0 Å². The van der Waals surface area contributed by atoms with Gasteiger partial charge in [0, 0.05) is 29.5 Å². The Kier molecular flexibility index (Phi) is 4.22. The lowest BCUT2D eigenvalue weighted by Crippen LogP contribution is -2.39. The first-order valence-corrected chi connectivity index (χ1v) is 7.84. The second-order valence-corrected chi connectivity index (χ2v) is 6.24. The summed E-state index contributed by atoms with van der Waals surface area (Å²) >= 11 is 6.01. The predicted octanol–water partition coefficient (Wildman–Crippen LogP) is 4.00. The van der Waals surface area contributed by atoms with Crippen molar-refractivity contribution < 1.29 is 0 Å². The van der Waals surface area contributed by atoms with Crippen molar-refractivity contribution in [2.24, 2.45) is 0 Å². The molecule has 0 saturated heterocycles. The van der Waals surface area contributed by atoms with Crippen molar-refractivity contribution in [1.82, 2.24) is 15.3 Å². The van der Waals surface area contributed by atoms with Crippen LogP contribution in [0.15, 0.2) is 36.7 Å². The number of aromatic nitrogens is 2. The fourth-order valence-electron chi connectivity index (χ4n) is 3.09. The van der Waals surface area contributed by atoms with Crippen molar-refractivity contribution in [3.8, 4) is 0 Å². The van der Waals surface area contributed by atoms with Gasteiger partial charge in [0.25, 0.3) is 0 Å². The number of benzene rings is 1. The highest BCUT2D eigenvalue weighted by molar-refractivity contribution is 6.30. The first-order chi connectivity index (χ1) is 10.2. The van der Waals surface area contributed by atoms with Crippen LogP contribution in [0.5, 0.6) is 0 Å². The Morgan fingerprint density at radius 1 is 1.10 bits per heavy atom. The number of hydrogen-bond donors (Lipinski definition) is 1. The van der Waals surface area contributed by atoms with E-state index in [1.165, 1.54) is 18.4 Å². The van der Waals surface area contributed by atoms with Crippen LogP contribution >= 0.6 is 11.6 Å². The summed E-state index contributed by atoms with van der Waals surface area (Å²) in [6.45, 7) is 2.70. The first kappa shape index (κ1) is 14.5. The van der Waals surface area contributed by atoms with Gasteiger partial charge in [-0.3, -0.25) is 9.97 Å². The summed E-state index contributed by atoms with van der Waals surface area (Å²) < 4.78 is 0. The van der Waals surface area contributed by atoms with Gasteiger partial charge in [-0.2, -0.15) is 0 Å². The number of nitrogens with zero attached hydrogens (tertiary/aromatic N) is 2. The largest absolute Gasteiger partial charge is 0.302 e. The fraction of sp³-hybridized carbons (Fsp3) is 0.412. The van der Waals surface area contributed by atoms with E-state index in [4.69, 9.17) is 11.6 Å². The summed E-state index contributed by atoms with van der Waals surface area (Å²) in [7, 11) is 0. The number of aryl methyl sites for hydroxylation is 1. The molecule has 0 bridgehead atoms. The Morgan fingerprint density at radius 3 is 2.43 bits per heavy atom. The van der Waals surface area contributed by atoms with E-state index in [0.29, 0.717) is 0 Å². The van der Waals surface area contributed by atoms with E-state index < -0.39 is 0 Å². The van der Waals surface area contributed by atoms with Crippen LogP contribution in [-0.2, 0) is 12.1 Å². The molecule has 3 rings (SSSR count). The topological polar surface area (TPSA) is 37.8 Å². The molecule has 0 aliphatic heterocycles. The first-order valence-electron chi connectivity index (χ1n) is 7.47. The smallest absolute Gasteiger partial charge is 0.0725 e. The van der Waals surface area contributed by atoms with Crippen LogP contribution in [0.2, 0.25) is 5.02 Å². The van der Waals surface area contributed by atoms with Gasteiger partial charge in [-0.15, -0.1) is 0 Å². The van der Waals surface area contributed by atoms with Crippen LogP contribution in [-0.4, -0.2) is 9.97 Å². The molecule has 4 heteroatoms. The van der Waals surface area contributed by atoms with E-state index in [1.807, 2.05) is 31.5 Å². The fourth-order valence-corrected chi connectivity index (χ4v) is 3.21. The van der Waals surface area contributed by atoms with E-state index in [0.717, 1.165) is 35.8 Å². The van der Waals surface area contributed by atoms with Gasteiger partial charge in [0.2, 0.25) is 0 Å². The van der Waals surface area contributed by atoms with E-state index >= 15 is 0 Å². The van der Waals surface area contributed by atoms with Gasteiger partial charge in [0.1, 0.15) is 0 Å². The number of halogens is 1. The Morgan fingerprint density at radius 2 is 1.81 bits per heavy atom. The molecule has 110 valence electrons. The highest BCUT2D eigenvalue weighted by atomic mass is 35.5. The number of rotatable bonds is 4. The molecule has 1 fully saturated rings. The molecule has 0 spiro atoms. The standard InChI is InChI=1S/C17H20ClN3/c1-13-10-20-16(11-19-13)12-21-17(8-2-3-9-17)14-4-6-15(18)7-5-14/h4-7,10-11,21H,2-3,8-9,12H2,1H3. The molecule has 1 aromatic carbocycles. The Bertz CT molecular complexity index is 586. The van der Waals surface area contributed by atoms with Crippen molar-refractivity contribution in [1.29, 1.82) is 0 Å². The van der Waals surface area contributed by atoms with Crippen LogP contribution in [0.1, 0.15) is 42.6 Å². The third-order valence-corrected chi connectivity index (χ3v) is 4.55. The number of nitrogens with one attached hydrogen (secondary N) is 1. The molecule has 0 atom stereocenters. The number of hydrogen-bond acceptors (Lipinski definition) is 3. The minimum atomic E-state index is 0.0527. The maximum absolute atomic E-state index is 6.01. The third-order valence-electron chi connectivity index (χ3n) is 4.30. The van der Waals surface area contributed by atoms with Crippen molar-refractivity contribution >= 4 is 11.6 Å². The second-order valence-electron chi connectivity index (χ2n) is 5.80. The predicted molar refractivity (Wildman–Crippen MR) is 85.2 cm³/mol. The maximum Gasteiger partial charge on any atom is 0.0725 e. The molecule has 21 heavy (non-hydrogen) atoms. The van der Waals surface area contributed by atoms with Crippen LogP contribution in [0.3, 0.4) is 0 Å². The van der Waals surface area contributed by atoms with Gasteiger partial charge >= 0.3 is 0 Å². The molecule has 1 aliphatic carbocycles. The van der Waals surface area contributed by atoms with Crippen molar-refractivity contribution in [3.05, 3.63) is 58.6 Å². The Labute approximate surface area is 130 Å². The Balaban J connectivity index is 1.78. The monoisotopic (exact) mass is 301 g/mol. The molecule has 0 unspecified atom stereocenters. The zero-order valence-corrected chi connectivity index (χ0v) is 13.0. The maximum atomic E-state index is 6.01. The molecule has 2 aromatic rings. The van der Waals surface area contributed by atoms with E-state index in [-0.39, 0.29) is 5.54 Å². The van der Waals surface area contributed by atoms with Gasteiger partial charge in [0.05, 0.1) is 11.4 Å². The normalized spacial score (nSPS) is 17.0. The van der Waals surface area contributed by atoms with Crippen molar-refractivity contribution in [2.75, 3.05) is 0 Å². The molecule has 1 aliphatic rings. The van der Waals surface area contributed by atoms with Gasteiger partial charge in [0.15, 0.2) is 0 Å². The third kappa shape index (κ3) is 3.25. The van der Waals surface area contributed by atoms with Gasteiger partial charge < -0.3 is 5.32 Å². The molecular formula is C17H20ClN3. The molecule has 1 aromatic heterocycles. The zero-order chi connectivity index (χ0) is 14.7. The summed E-state index contributed by atoms with van der Waals surface area (Å²) in [6, 6.07) is 8.23. The summed E-state index contributed by atoms with van der Waals surface area (Å²) in [5.74, 6) is 0. The van der Waals surface area contributed by atoms with E-state index in [1.54, 1.807) is 0 Å². The molecular weight excluding hydrogens is 282 g/mol. The average molecular weight is 302 g/mol. The van der Waals surface area contributed by atoms with E-state index in [2.05, 4.69) is 27.4 Å². The molecule has 0 radical (unpaired) electrons. The van der Waals surface area contributed by atoms with Crippen molar-refractivity contribution in [3.63, 3.8) is 0 Å². The summed E-state index contributed by atoms with van der Waals surface area (Å²) in [5.41, 5.74) is 3.31. The van der Waals surface area contributed by atoms with Crippen LogP contribution in [0.25, 0.3) is 0 Å². The van der Waals surface area contributed by atoms with Gasteiger partial charge in [-0.1, -0.05) is 36.6 Å². The molecule has 3 nitrogen and oxygen atoms in total. The lowest BCUT2D eigenvalue weighted by atomic mass is 9.88. The SMILES string of the molecule is Cc1cnc(CNC2(c3ccc(Cl)cc3)CCCC2)cn1. The van der Waals surface area contributed by atoms with Crippen molar-refractivity contribution in [2.45, 2.75) is 44.7 Å². The minimum absolute atomic E-state index is 0.0527.